The number of halogens is 1. The summed E-state index contributed by atoms with van der Waals surface area (Å²) in [6, 6.07) is 15.9. The van der Waals surface area contributed by atoms with Crippen molar-refractivity contribution in [2.75, 3.05) is 12.1 Å². The zero-order valence-corrected chi connectivity index (χ0v) is 17.9. The number of esters is 1. The van der Waals surface area contributed by atoms with Crippen LogP contribution in [0.1, 0.15) is 28.6 Å². The minimum Gasteiger partial charge on any atom is -0.465 e. The molecule has 1 amide bonds. The molecule has 0 saturated carbocycles. The topological polar surface area (TPSA) is 72.1 Å². The van der Waals surface area contributed by atoms with E-state index >= 15 is 0 Å². The lowest BCUT2D eigenvalue weighted by molar-refractivity contribution is -0.114. The lowest BCUT2D eigenvalue weighted by Gasteiger charge is -2.12. The fraction of sp³-hybridized carbons (Fsp3) is 0.125. The van der Waals surface area contributed by atoms with Gasteiger partial charge in [0.05, 0.1) is 29.6 Å². The van der Waals surface area contributed by atoms with Crippen LogP contribution in [0.5, 0.6) is 0 Å². The minimum absolute atomic E-state index is 0.261. The number of hydrogen-bond donors (Lipinski definition) is 0. The largest absolute Gasteiger partial charge is 0.465 e. The second kappa shape index (κ2) is 8.24. The Morgan fingerprint density at radius 2 is 1.94 bits per heavy atom. The summed E-state index contributed by atoms with van der Waals surface area (Å²) >= 11 is 6.20. The van der Waals surface area contributed by atoms with Crippen molar-refractivity contribution in [3.8, 4) is 11.3 Å². The van der Waals surface area contributed by atoms with Gasteiger partial charge in [0, 0.05) is 10.6 Å². The van der Waals surface area contributed by atoms with Crippen LogP contribution in [0.3, 0.4) is 0 Å². The van der Waals surface area contributed by atoms with Gasteiger partial charge in [-0.15, -0.1) is 0 Å². The molecule has 4 rings (SSSR count). The summed E-state index contributed by atoms with van der Waals surface area (Å²) in [5.74, 6) is 0.387. The number of benzene rings is 2. The molecule has 3 aromatic rings. The lowest BCUT2D eigenvalue weighted by atomic mass is 10.1. The number of furan rings is 1. The standard InChI is InChI=1S/C24H19ClN2O4/c1-14-7-8-18(12-21(14)25)27-23(28)20(15(2)26-27)13-19-9-10-22(31-19)16-5-4-6-17(11-16)24(29)30-3/h4-13H,1-3H3/b20-13+. The van der Waals surface area contributed by atoms with Crippen molar-refractivity contribution in [3.05, 3.63) is 82.1 Å². The summed E-state index contributed by atoms with van der Waals surface area (Å²) in [7, 11) is 1.34. The molecule has 0 N–H and O–H groups in total. The smallest absolute Gasteiger partial charge is 0.337 e. The summed E-state index contributed by atoms with van der Waals surface area (Å²) in [4.78, 5) is 24.7. The van der Waals surface area contributed by atoms with Crippen LogP contribution in [0.4, 0.5) is 5.69 Å². The number of amides is 1. The summed E-state index contributed by atoms with van der Waals surface area (Å²) in [6.45, 7) is 3.66. The Hall–Kier alpha value is -3.64. The molecule has 0 radical (unpaired) electrons. The summed E-state index contributed by atoms with van der Waals surface area (Å²) < 4.78 is 10.7. The van der Waals surface area contributed by atoms with Crippen LogP contribution in [-0.4, -0.2) is 24.7 Å². The zero-order chi connectivity index (χ0) is 22.1. The van der Waals surface area contributed by atoms with E-state index < -0.39 is 5.97 Å². The van der Waals surface area contributed by atoms with Crippen LogP contribution in [0.2, 0.25) is 5.02 Å². The highest BCUT2D eigenvalue weighted by molar-refractivity contribution is 6.33. The first-order valence-corrected chi connectivity index (χ1v) is 9.91. The van der Waals surface area contributed by atoms with Gasteiger partial charge in [-0.05, 0) is 61.9 Å². The predicted molar refractivity (Wildman–Crippen MR) is 120 cm³/mol. The number of hydrogen-bond acceptors (Lipinski definition) is 5. The van der Waals surface area contributed by atoms with Gasteiger partial charge in [0.2, 0.25) is 0 Å². The number of ether oxygens (including phenoxy) is 1. The number of aryl methyl sites for hydroxylation is 1. The zero-order valence-electron chi connectivity index (χ0n) is 17.2. The highest BCUT2D eigenvalue weighted by Crippen LogP contribution is 2.30. The highest BCUT2D eigenvalue weighted by Gasteiger charge is 2.29. The molecule has 1 aromatic heterocycles. The number of carbonyl (C=O) groups is 2. The third-order valence-electron chi connectivity index (χ3n) is 4.94. The highest BCUT2D eigenvalue weighted by atomic mass is 35.5. The molecule has 0 saturated heterocycles. The number of carbonyl (C=O) groups excluding carboxylic acids is 2. The quantitative estimate of drug-likeness (QED) is 0.401. The number of anilines is 1. The van der Waals surface area contributed by atoms with Crippen LogP contribution < -0.4 is 5.01 Å². The second-order valence-corrected chi connectivity index (χ2v) is 7.48. The first-order valence-electron chi connectivity index (χ1n) is 9.54. The summed E-state index contributed by atoms with van der Waals surface area (Å²) in [5, 5.41) is 6.27. The number of rotatable bonds is 4. The first kappa shape index (κ1) is 20.6. The van der Waals surface area contributed by atoms with Gasteiger partial charge in [0.25, 0.3) is 5.91 Å². The second-order valence-electron chi connectivity index (χ2n) is 7.07. The molecule has 2 aromatic carbocycles. The van der Waals surface area contributed by atoms with Crippen LogP contribution in [0.15, 0.2) is 69.7 Å². The van der Waals surface area contributed by atoms with Gasteiger partial charge in [0.1, 0.15) is 11.5 Å². The van der Waals surface area contributed by atoms with E-state index in [0.717, 1.165) is 11.1 Å². The lowest BCUT2D eigenvalue weighted by Crippen LogP contribution is -2.21. The molecule has 0 aliphatic carbocycles. The molecule has 6 nitrogen and oxygen atoms in total. The SMILES string of the molecule is COC(=O)c1cccc(-c2ccc(/C=C3/C(=O)N(c4ccc(C)c(Cl)c4)N=C3C)o2)c1. The predicted octanol–water partition coefficient (Wildman–Crippen LogP) is 5.50. The van der Waals surface area contributed by atoms with Crippen LogP contribution in [0.25, 0.3) is 17.4 Å². The fourth-order valence-electron chi connectivity index (χ4n) is 3.22. The van der Waals surface area contributed by atoms with Gasteiger partial charge in [0.15, 0.2) is 0 Å². The maximum absolute atomic E-state index is 13.0. The van der Waals surface area contributed by atoms with Gasteiger partial charge in [-0.1, -0.05) is 29.8 Å². The van der Waals surface area contributed by atoms with E-state index in [1.165, 1.54) is 12.1 Å². The molecule has 1 aliphatic heterocycles. The van der Waals surface area contributed by atoms with E-state index in [1.807, 2.05) is 19.1 Å². The molecule has 1 aliphatic rings. The number of hydrazone groups is 1. The molecule has 0 atom stereocenters. The molecule has 0 unspecified atom stereocenters. The van der Waals surface area contributed by atoms with Gasteiger partial charge in [-0.3, -0.25) is 4.79 Å². The van der Waals surface area contributed by atoms with Crippen molar-refractivity contribution in [1.82, 2.24) is 0 Å². The van der Waals surface area contributed by atoms with Crippen molar-refractivity contribution in [2.45, 2.75) is 13.8 Å². The summed E-state index contributed by atoms with van der Waals surface area (Å²) in [6.07, 6.45) is 1.66. The Labute approximate surface area is 184 Å². The molecule has 156 valence electrons. The van der Waals surface area contributed by atoms with Crippen molar-refractivity contribution >= 4 is 41.0 Å². The number of nitrogens with zero attached hydrogens (tertiary/aromatic N) is 2. The fourth-order valence-corrected chi connectivity index (χ4v) is 3.39. The monoisotopic (exact) mass is 434 g/mol. The Kier molecular flexibility index (Phi) is 5.48. The van der Waals surface area contributed by atoms with E-state index in [2.05, 4.69) is 5.10 Å². The van der Waals surface area contributed by atoms with Gasteiger partial charge < -0.3 is 9.15 Å². The van der Waals surface area contributed by atoms with Crippen LogP contribution in [0, 0.1) is 6.92 Å². The Balaban J connectivity index is 1.61. The summed E-state index contributed by atoms with van der Waals surface area (Å²) in [5.41, 5.74) is 3.69. The Bertz CT molecular complexity index is 1260. The normalized spacial score (nSPS) is 14.8. The van der Waals surface area contributed by atoms with Crippen LogP contribution >= 0.6 is 11.6 Å². The van der Waals surface area contributed by atoms with Gasteiger partial charge in [-0.2, -0.15) is 10.1 Å². The maximum atomic E-state index is 13.0. The average Bonchev–Trinajstić information content (AvgIpc) is 3.35. The third kappa shape index (κ3) is 4.02. The molecular weight excluding hydrogens is 416 g/mol. The van der Waals surface area contributed by atoms with E-state index in [1.54, 1.807) is 55.5 Å². The first-order chi connectivity index (χ1) is 14.9. The van der Waals surface area contributed by atoms with Gasteiger partial charge >= 0.3 is 5.97 Å². The van der Waals surface area contributed by atoms with E-state index in [9.17, 15) is 9.59 Å². The molecule has 31 heavy (non-hydrogen) atoms. The molecule has 0 bridgehead atoms. The van der Waals surface area contributed by atoms with Gasteiger partial charge in [-0.25, -0.2) is 4.79 Å². The molecule has 7 heteroatoms. The van der Waals surface area contributed by atoms with Crippen molar-refractivity contribution in [2.24, 2.45) is 5.10 Å². The van der Waals surface area contributed by atoms with Crippen LogP contribution in [-0.2, 0) is 9.53 Å². The number of methoxy groups -OCH3 is 1. The van der Waals surface area contributed by atoms with E-state index in [4.69, 9.17) is 20.8 Å². The van der Waals surface area contributed by atoms with Crippen molar-refractivity contribution in [3.63, 3.8) is 0 Å². The molecule has 2 heterocycles. The Morgan fingerprint density at radius 1 is 1.13 bits per heavy atom. The molecule has 0 fully saturated rings. The maximum Gasteiger partial charge on any atom is 0.337 e. The Morgan fingerprint density at radius 3 is 2.68 bits per heavy atom. The minimum atomic E-state index is -0.421. The molecular formula is C24H19ClN2O4. The van der Waals surface area contributed by atoms with Crippen molar-refractivity contribution < 1.29 is 18.7 Å². The molecule has 0 spiro atoms. The average molecular weight is 435 g/mol. The van der Waals surface area contributed by atoms with Crippen molar-refractivity contribution in [1.29, 1.82) is 0 Å². The van der Waals surface area contributed by atoms with E-state index in [-0.39, 0.29) is 5.91 Å². The third-order valence-corrected chi connectivity index (χ3v) is 5.35. The van der Waals surface area contributed by atoms with E-state index in [0.29, 0.717) is 39.1 Å².